The molecule has 3 heterocycles. The molecular formula is C27H27F4N5O2S. The molecule has 2 aliphatic heterocycles. The van der Waals surface area contributed by atoms with E-state index < -0.39 is 17.6 Å². The van der Waals surface area contributed by atoms with Crippen LogP contribution in [0.2, 0.25) is 0 Å². The van der Waals surface area contributed by atoms with Gasteiger partial charge < -0.3 is 20.0 Å². The fourth-order valence-electron chi connectivity index (χ4n) is 4.88. The maximum absolute atomic E-state index is 13.4. The molecule has 0 bridgehead atoms. The van der Waals surface area contributed by atoms with Gasteiger partial charge in [-0.3, -0.25) is 4.79 Å². The van der Waals surface area contributed by atoms with Crippen LogP contribution in [-0.4, -0.2) is 66.0 Å². The Bertz CT molecular complexity index is 1330. The Balaban J connectivity index is 1.12. The first kappa shape index (κ1) is 26.9. The summed E-state index contributed by atoms with van der Waals surface area (Å²) in [7, 11) is 0. The van der Waals surface area contributed by atoms with Crippen LogP contribution in [0.15, 0.2) is 53.9 Å². The molecule has 3 aromatic rings. The summed E-state index contributed by atoms with van der Waals surface area (Å²) in [6.07, 6.45) is -3.00. The largest absolute Gasteiger partial charge is 0.416 e. The molecule has 0 spiro atoms. The SMILES string of the molecule is O=C(Nc1cccc(F)c1)N1CCC(c2nc(C(=O)N3CCN(c4cccc(C(F)(F)F)c4)CC3)cs2)CC1. The van der Waals surface area contributed by atoms with Crippen molar-refractivity contribution in [1.82, 2.24) is 14.8 Å². The molecule has 0 aliphatic carbocycles. The van der Waals surface area contributed by atoms with E-state index in [1.54, 1.807) is 27.3 Å². The summed E-state index contributed by atoms with van der Waals surface area (Å²) in [5, 5.41) is 5.32. The van der Waals surface area contributed by atoms with Crippen molar-refractivity contribution in [2.45, 2.75) is 24.9 Å². The summed E-state index contributed by atoms with van der Waals surface area (Å²) in [6, 6.07) is 10.7. The van der Waals surface area contributed by atoms with Gasteiger partial charge >= 0.3 is 12.2 Å². The minimum Gasteiger partial charge on any atom is -0.368 e. The number of anilines is 2. The minimum atomic E-state index is -4.40. The zero-order chi connectivity index (χ0) is 27.6. The second-order valence-corrected chi connectivity index (χ2v) is 10.5. The molecule has 2 fully saturated rings. The molecule has 0 saturated carbocycles. The molecule has 0 unspecified atom stereocenters. The van der Waals surface area contributed by atoms with Gasteiger partial charge in [0.1, 0.15) is 11.5 Å². The molecule has 39 heavy (non-hydrogen) atoms. The van der Waals surface area contributed by atoms with Crippen LogP contribution >= 0.6 is 11.3 Å². The topological polar surface area (TPSA) is 68.8 Å². The molecule has 7 nitrogen and oxygen atoms in total. The molecule has 0 atom stereocenters. The van der Waals surface area contributed by atoms with Gasteiger partial charge in [-0.15, -0.1) is 11.3 Å². The first-order chi connectivity index (χ1) is 18.7. The van der Waals surface area contributed by atoms with E-state index in [0.717, 1.165) is 17.1 Å². The maximum Gasteiger partial charge on any atom is 0.416 e. The second-order valence-electron chi connectivity index (χ2n) is 9.60. The van der Waals surface area contributed by atoms with Crippen LogP contribution in [0, 0.1) is 5.82 Å². The predicted molar refractivity (Wildman–Crippen MR) is 141 cm³/mol. The monoisotopic (exact) mass is 561 g/mol. The van der Waals surface area contributed by atoms with Crippen LogP contribution in [0.4, 0.5) is 33.7 Å². The third-order valence-corrected chi connectivity index (χ3v) is 8.06. The summed E-state index contributed by atoms with van der Waals surface area (Å²) in [4.78, 5) is 35.4. The Morgan fingerprint density at radius 1 is 0.923 bits per heavy atom. The summed E-state index contributed by atoms with van der Waals surface area (Å²) in [5.74, 6) is -0.473. The lowest BCUT2D eigenvalue weighted by atomic mass is 9.98. The summed E-state index contributed by atoms with van der Waals surface area (Å²) in [6.45, 7) is 2.68. The van der Waals surface area contributed by atoms with Gasteiger partial charge in [0.25, 0.3) is 5.91 Å². The molecular weight excluding hydrogens is 534 g/mol. The summed E-state index contributed by atoms with van der Waals surface area (Å²) >= 11 is 1.43. The number of amides is 3. The van der Waals surface area contributed by atoms with E-state index in [4.69, 9.17) is 0 Å². The van der Waals surface area contributed by atoms with E-state index in [0.29, 0.717) is 69.2 Å². The highest BCUT2D eigenvalue weighted by Gasteiger charge is 2.32. The molecule has 2 aromatic carbocycles. The number of halogens is 4. The van der Waals surface area contributed by atoms with E-state index in [-0.39, 0.29) is 17.9 Å². The number of benzene rings is 2. The third kappa shape index (κ3) is 6.32. The number of rotatable bonds is 4. The fraction of sp³-hybridized carbons (Fsp3) is 0.370. The predicted octanol–water partition coefficient (Wildman–Crippen LogP) is 5.67. The molecule has 3 amide bonds. The number of urea groups is 1. The first-order valence-corrected chi connectivity index (χ1v) is 13.5. The lowest BCUT2D eigenvalue weighted by molar-refractivity contribution is -0.137. The van der Waals surface area contributed by atoms with Crippen molar-refractivity contribution < 1.29 is 27.2 Å². The number of hydrogen-bond acceptors (Lipinski definition) is 5. The van der Waals surface area contributed by atoms with Crippen LogP contribution in [0.1, 0.15) is 39.8 Å². The van der Waals surface area contributed by atoms with Gasteiger partial charge in [-0.1, -0.05) is 12.1 Å². The Kier molecular flexibility index (Phi) is 7.74. The van der Waals surface area contributed by atoms with Gasteiger partial charge in [0.15, 0.2) is 0 Å². The van der Waals surface area contributed by atoms with Crippen molar-refractivity contribution in [1.29, 1.82) is 0 Å². The number of piperidine rings is 1. The molecule has 5 rings (SSSR count). The van der Waals surface area contributed by atoms with Gasteiger partial charge in [0.05, 0.1) is 10.6 Å². The number of aromatic nitrogens is 1. The van der Waals surface area contributed by atoms with Gasteiger partial charge in [-0.25, -0.2) is 14.2 Å². The Hall–Kier alpha value is -3.67. The highest BCUT2D eigenvalue weighted by atomic mass is 32.1. The van der Waals surface area contributed by atoms with Crippen molar-refractivity contribution in [3.05, 3.63) is 76.0 Å². The van der Waals surface area contributed by atoms with Gasteiger partial charge in [-0.05, 0) is 49.2 Å². The van der Waals surface area contributed by atoms with E-state index in [1.165, 1.54) is 35.6 Å². The smallest absolute Gasteiger partial charge is 0.368 e. The Labute approximate surface area is 227 Å². The number of nitrogens with zero attached hydrogens (tertiary/aromatic N) is 4. The number of likely N-dealkylation sites (tertiary alicyclic amines) is 1. The van der Waals surface area contributed by atoms with Crippen LogP contribution in [0.5, 0.6) is 0 Å². The fourth-order valence-corrected chi connectivity index (χ4v) is 5.85. The number of nitrogens with one attached hydrogen (secondary N) is 1. The van der Waals surface area contributed by atoms with E-state index in [1.807, 2.05) is 4.90 Å². The molecule has 0 radical (unpaired) electrons. The van der Waals surface area contributed by atoms with Crippen LogP contribution in [0.25, 0.3) is 0 Å². The molecule has 2 aliphatic rings. The second kappa shape index (κ2) is 11.2. The average molecular weight is 562 g/mol. The van der Waals surface area contributed by atoms with Gasteiger partial charge in [0, 0.05) is 61.9 Å². The van der Waals surface area contributed by atoms with Crippen molar-refractivity contribution in [2.24, 2.45) is 0 Å². The number of carbonyl (C=O) groups is 2. The lowest BCUT2D eigenvalue weighted by Crippen LogP contribution is -2.49. The quantitative estimate of drug-likeness (QED) is 0.417. The van der Waals surface area contributed by atoms with Crippen molar-refractivity contribution >= 4 is 34.6 Å². The molecule has 1 N–H and O–H groups in total. The van der Waals surface area contributed by atoms with E-state index >= 15 is 0 Å². The van der Waals surface area contributed by atoms with Gasteiger partial charge in [0.2, 0.25) is 0 Å². The molecule has 1 aromatic heterocycles. The third-order valence-electron chi connectivity index (χ3n) is 7.05. The van der Waals surface area contributed by atoms with Crippen LogP contribution < -0.4 is 10.2 Å². The number of piperazine rings is 1. The van der Waals surface area contributed by atoms with Crippen LogP contribution in [0.3, 0.4) is 0 Å². The van der Waals surface area contributed by atoms with Crippen LogP contribution in [-0.2, 0) is 6.18 Å². The first-order valence-electron chi connectivity index (χ1n) is 12.7. The van der Waals surface area contributed by atoms with E-state index in [2.05, 4.69) is 10.3 Å². The van der Waals surface area contributed by atoms with Crippen molar-refractivity contribution in [3.8, 4) is 0 Å². The Morgan fingerprint density at radius 2 is 1.64 bits per heavy atom. The lowest BCUT2D eigenvalue weighted by Gasteiger charge is -2.36. The zero-order valence-electron chi connectivity index (χ0n) is 21.0. The molecule has 2 saturated heterocycles. The number of alkyl halides is 3. The normalized spacial score (nSPS) is 16.9. The average Bonchev–Trinajstić information content (AvgIpc) is 3.43. The van der Waals surface area contributed by atoms with E-state index in [9.17, 15) is 27.2 Å². The number of carbonyl (C=O) groups excluding carboxylic acids is 2. The highest BCUT2D eigenvalue weighted by molar-refractivity contribution is 7.09. The molecule has 12 heteroatoms. The Morgan fingerprint density at radius 3 is 2.33 bits per heavy atom. The maximum atomic E-state index is 13.4. The standard InChI is InChI=1S/C27H27F4N5O2S/c28-20-4-2-5-21(16-20)32-26(38)36-9-7-18(8-10-36)24-33-23(17-39-24)25(37)35-13-11-34(12-14-35)22-6-1-3-19(15-22)27(29,30)31/h1-6,15-18H,7-14H2,(H,32,38). The molecule has 206 valence electrons. The van der Waals surface area contributed by atoms with Gasteiger partial charge in [-0.2, -0.15) is 13.2 Å². The summed E-state index contributed by atoms with van der Waals surface area (Å²) in [5.41, 5.74) is 0.574. The van der Waals surface area contributed by atoms with Crippen molar-refractivity contribution in [3.63, 3.8) is 0 Å². The minimum absolute atomic E-state index is 0.132. The number of hydrogen-bond donors (Lipinski definition) is 1. The zero-order valence-corrected chi connectivity index (χ0v) is 21.8. The number of thiazole rings is 1. The highest BCUT2D eigenvalue weighted by Crippen LogP contribution is 2.33. The van der Waals surface area contributed by atoms with Crippen molar-refractivity contribution in [2.75, 3.05) is 49.5 Å². The summed E-state index contributed by atoms with van der Waals surface area (Å²) < 4.78 is 52.6.